The van der Waals surface area contributed by atoms with Crippen LogP contribution in [0.3, 0.4) is 0 Å². The molecule has 1 aromatic heterocycles. The van der Waals surface area contributed by atoms with E-state index in [4.69, 9.17) is 0 Å². The fraction of sp³-hybridized carbons (Fsp3) is 0.643. The summed E-state index contributed by atoms with van der Waals surface area (Å²) in [4.78, 5) is 6.06. The highest BCUT2D eigenvalue weighted by Gasteiger charge is 2.07. The fourth-order valence-corrected chi connectivity index (χ4v) is 2.32. The van der Waals surface area contributed by atoms with E-state index in [9.17, 15) is 0 Å². The van der Waals surface area contributed by atoms with Crippen LogP contribution in [0.4, 0.5) is 0 Å². The van der Waals surface area contributed by atoms with Crippen molar-refractivity contribution in [3.63, 3.8) is 0 Å². The summed E-state index contributed by atoms with van der Waals surface area (Å²) in [5.41, 5.74) is 0. The predicted octanol–water partition coefficient (Wildman–Crippen LogP) is 3.82. The summed E-state index contributed by atoms with van der Waals surface area (Å²) in [6.45, 7) is 10.4. The lowest BCUT2D eigenvalue weighted by Gasteiger charge is -2.17. The summed E-state index contributed by atoms with van der Waals surface area (Å²) in [6.07, 6.45) is 1.10. The highest BCUT2D eigenvalue weighted by molar-refractivity contribution is 14.0. The predicted molar refractivity (Wildman–Crippen MR) is 97.0 cm³/mol. The maximum Gasteiger partial charge on any atom is 0.191 e. The quantitative estimate of drug-likeness (QED) is 0.437. The lowest BCUT2D eigenvalue weighted by atomic mass is 10.1. The van der Waals surface area contributed by atoms with Crippen LogP contribution in [0.15, 0.2) is 22.5 Å². The maximum absolute atomic E-state index is 4.66. The van der Waals surface area contributed by atoms with Gasteiger partial charge in [-0.3, -0.25) is 4.99 Å². The second kappa shape index (κ2) is 10.5. The van der Waals surface area contributed by atoms with Gasteiger partial charge in [-0.1, -0.05) is 19.9 Å². The first-order valence-electron chi connectivity index (χ1n) is 6.75. The normalized spacial score (nSPS) is 14.4. The number of guanidine groups is 1. The Morgan fingerprint density at radius 1 is 1.37 bits per heavy atom. The van der Waals surface area contributed by atoms with Gasteiger partial charge in [0.2, 0.25) is 0 Å². The third-order valence-corrected chi connectivity index (χ3v) is 4.00. The molecule has 2 atom stereocenters. The van der Waals surface area contributed by atoms with Crippen LogP contribution >= 0.6 is 35.3 Å². The molecule has 1 heterocycles. The third-order valence-electron chi connectivity index (χ3n) is 2.89. The Bertz CT molecular complexity index is 352. The van der Waals surface area contributed by atoms with Gasteiger partial charge in [-0.25, -0.2) is 0 Å². The molecule has 1 rings (SSSR count). The largest absolute Gasteiger partial charge is 0.357 e. The second-order valence-corrected chi connectivity index (χ2v) is 5.57. The van der Waals surface area contributed by atoms with Crippen molar-refractivity contribution in [2.45, 2.75) is 46.1 Å². The Morgan fingerprint density at radius 3 is 2.63 bits per heavy atom. The van der Waals surface area contributed by atoms with Crippen LogP contribution in [0.1, 0.15) is 44.9 Å². The van der Waals surface area contributed by atoms with Crippen LogP contribution in [0.5, 0.6) is 0 Å². The Kier molecular flexibility index (Phi) is 10.3. The number of hydrogen-bond acceptors (Lipinski definition) is 2. The van der Waals surface area contributed by atoms with E-state index in [0.717, 1.165) is 25.5 Å². The van der Waals surface area contributed by atoms with Gasteiger partial charge >= 0.3 is 0 Å². The topological polar surface area (TPSA) is 36.4 Å². The standard InChI is InChI=1S/C14H25N3S.HI/c1-5-12(4)17-14(15-6-2)16-10-11(3)13-8-7-9-18-13;/h7-9,11-12H,5-6,10H2,1-4H3,(H2,15,16,17);1H. The highest BCUT2D eigenvalue weighted by atomic mass is 127. The van der Waals surface area contributed by atoms with Gasteiger partial charge in [-0.05, 0) is 31.7 Å². The van der Waals surface area contributed by atoms with E-state index in [1.165, 1.54) is 4.88 Å². The third kappa shape index (κ3) is 7.15. The summed E-state index contributed by atoms with van der Waals surface area (Å²) >= 11 is 1.80. The van der Waals surface area contributed by atoms with E-state index >= 15 is 0 Å². The molecule has 0 fully saturated rings. The lowest BCUT2D eigenvalue weighted by Crippen LogP contribution is -2.42. The van der Waals surface area contributed by atoms with Gasteiger partial charge in [-0.15, -0.1) is 35.3 Å². The molecule has 0 bridgehead atoms. The fourth-order valence-electron chi connectivity index (χ4n) is 1.55. The van der Waals surface area contributed by atoms with Crippen LogP contribution in [0.25, 0.3) is 0 Å². The molecule has 0 aliphatic heterocycles. The molecule has 0 saturated heterocycles. The van der Waals surface area contributed by atoms with Crippen LogP contribution < -0.4 is 10.6 Å². The number of nitrogens with one attached hydrogen (secondary N) is 2. The first-order valence-corrected chi connectivity index (χ1v) is 7.63. The van der Waals surface area contributed by atoms with Crippen molar-refractivity contribution in [2.24, 2.45) is 4.99 Å². The van der Waals surface area contributed by atoms with Gasteiger partial charge in [0, 0.05) is 23.4 Å². The molecule has 0 amide bonds. The zero-order valence-electron chi connectivity index (χ0n) is 12.3. The summed E-state index contributed by atoms with van der Waals surface area (Å²) in [5, 5.41) is 8.82. The smallest absolute Gasteiger partial charge is 0.191 e. The van der Waals surface area contributed by atoms with Gasteiger partial charge in [0.15, 0.2) is 5.96 Å². The number of aliphatic imine (C=N–C) groups is 1. The Balaban J connectivity index is 0.00000324. The molecule has 2 N–H and O–H groups in total. The minimum Gasteiger partial charge on any atom is -0.357 e. The second-order valence-electron chi connectivity index (χ2n) is 4.59. The molecular formula is C14H26IN3S. The molecule has 0 aliphatic carbocycles. The van der Waals surface area contributed by atoms with E-state index < -0.39 is 0 Å². The zero-order valence-corrected chi connectivity index (χ0v) is 15.4. The minimum absolute atomic E-state index is 0. The SMILES string of the molecule is CCNC(=NCC(C)c1cccs1)NC(C)CC.I. The van der Waals surface area contributed by atoms with Gasteiger partial charge < -0.3 is 10.6 Å². The molecule has 0 aromatic carbocycles. The molecule has 3 nitrogen and oxygen atoms in total. The van der Waals surface area contributed by atoms with E-state index in [-0.39, 0.29) is 24.0 Å². The lowest BCUT2D eigenvalue weighted by molar-refractivity contribution is 0.622. The van der Waals surface area contributed by atoms with Crippen LogP contribution in [0, 0.1) is 0 Å². The van der Waals surface area contributed by atoms with Crippen molar-refractivity contribution >= 4 is 41.3 Å². The van der Waals surface area contributed by atoms with Crippen molar-refractivity contribution in [1.82, 2.24) is 10.6 Å². The van der Waals surface area contributed by atoms with Gasteiger partial charge in [-0.2, -0.15) is 0 Å². The van der Waals surface area contributed by atoms with Crippen LogP contribution in [0.2, 0.25) is 0 Å². The number of halogens is 1. The molecule has 0 spiro atoms. The zero-order chi connectivity index (χ0) is 13.4. The van der Waals surface area contributed by atoms with E-state index in [1.54, 1.807) is 11.3 Å². The maximum atomic E-state index is 4.66. The van der Waals surface area contributed by atoms with Gasteiger partial charge in [0.1, 0.15) is 0 Å². The molecule has 19 heavy (non-hydrogen) atoms. The monoisotopic (exact) mass is 395 g/mol. The summed E-state index contributed by atoms with van der Waals surface area (Å²) in [5.74, 6) is 1.41. The van der Waals surface area contributed by atoms with Crippen molar-refractivity contribution in [1.29, 1.82) is 0 Å². The Labute approximate surface area is 138 Å². The molecule has 0 radical (unpaired) electrons. The molecule has 5 heteroatoms. The number of nitrogens with zero attached hydrogens (tertiary/aromatic N) is 1. The summed E-state index contributed by atoms with van der Waals surface area (Å²) < 4.78 is 0. The van der Waals surface area contributed by atoms with E-state index in [2.05, 4.69) is 60.8 Å². The van der Waals surface area contributed by atoms with Gasteiger partial charge in [0.25, 0.3) is 0 Å². The molecule has 2 unspecified atom stereocenters. The average Bonchev–Trinajstić information content (AvgIpc) is 2.89. The molecule has 0 aliphatic rings. The Hall–Kier alpha value is -0.300. The van der Waals surface area contributed by atoms with Crippen molar-refractivity contribution in [3.05, 3.63) is 22.4 Å². The van der Waals surface area contributed by atoms with Crippen molar-refractivity contribution in [3.8, 4) is 0 Å². The number of thiophene rings is 1. The number of hydrogen-bond donors (Lipinski definition) is 2. The van der Waals surface area contributed by atoms with E-state index in [1.807, 2.05) is 0 Å². The Morgan fingerprint density at radius 2 is 2.11 bits per heavy atom. The highest BCUT2D eigenvalue weighted by Crippen LogP contribution is 2.20. The molecule has 0 saturated carbocycles. The van der Waals surface area contributed by atoms with Crippen LogP contribution in [-0.4, -0.2) is 25.1 Å². The molecule has 1 aromatic rings. The first kappa shape index (κ1) is 18.7. The van der Waals surface area contributed by atoms with E-state index in [0.29, 0.717) is 12.0 Å². The average molecular weight is 395 g/mol. The van der Waals surface area contributed by atoms with Gasteiger partial charge in [0.05, 0.1) is 6.54 Å². The number of rotatable bonds is 6. The van der Waals surface area contributed by atoms with Crippen molar-refractivity contribution in [2.75, 3.05) is 13.1 Å². The first-order chi connectivity index (χ1) is 8.67. The van der Waals surface area contributed by atoms with Crippen molar-refractivity contribution < 1.29 is 0 Å². The summed E-state index contributed by atoms with van der Waals surface area (Å²) in [7, 11) is 0. The van der Waals surface area contributed by atoms with Crippen LogP contribution in [-0.2, 0) is 0 Å². The summed E-state index contributed by atoms with van der Waals surface area (Å²) in [6, 6.07) is 4.74. The molecule has 110 valence electrons. The molecular weight excluding hydrogens is 369 g/mol. The minimum atomic E-state index is 0.